The molecule has 1 heterocycles. The van der Waals surface area contributed by atoms with Gasteiger partial charge in [-0.1, -0.05) is 26.7 Å². The molecule has 13 heavy (non-hydrogen) atoms. The first-order valence-corrected chi connectivity index (χ1v) is 5.47. The van der Waals surface area contributed by atoms with Crippen LogP contribution in [0.2, 0.25) is 0 Å². The molecule has 1 aliphatic heterocycles. The van der Waals surface area contributed by atoms with Gasteiger partial charge in [-0.15, -0.1) is 0 Å². The minimum atomic E-state index is 0.202. The Morgan fingerprint density at radius 2 is 1.77 bits per heavy atom. The molecule has 76 valence electrons. The van der Waals surface area contributed by atoms with Crippen LogP contribution in [0.1, 0.15) is 39.5 Å². The summed E-state index contributed by atoms with van der Waals surface area (Å²) in [5.41, 5.74) is 0.514. The van der Waals surface area contributed by atoms with Crippen molar-refractivity contribution < 1.29 is 4.74 Å². The van der Waals surface area contributed by atoms with E-state index in [1.807, 2.05) is 0 Å². The second kappa shape index (κ2) is 3.25. The molecule has 1 N–H and O–H groups in total. The molecule has 1 saturated heterocycles. The maximum absolute atomic E-state index is 6.10. The van der Waals surface area contributed by atoms with Gasteiger partial charge in [0.25, 0.3) is 0 Å². The van der Waals surface area contributed by atoms with E-state index >= 15 is 0 Å². The lowest BCUT2D eigenvalue weighted by molar-refractivity contribution is -0.0521. The molecule has 1 saturated carbocycles. The van der Waals surface area contributed by atoms with Crippen molar-refractivity contribution in [3.8, 4) is 0 Å². The molecule has 2 aliphatic rings. The van der Waals surface area contributed by atoms with Gasteiger partial charge in [0.15, 0.2) is 0 Å². The van der Waals surface area contributed by atoms with Crippen LogP contribution >= 0.6 is 0 Å². The third kappa shape index (κ3) is 2.05. The summed E-state index contributed by atoms with van der Waals surface area (Å²) in [6.45, 7) is 7.62. The Bertz CT molecular complexity index is 183. The van der Waals surface area contributed by atoms with Gasteiger partial charge in [-0.05, 0) is 12.8 Å². The highest BCUT2D eigenvalue weighted by Gasteiger charge is 2.38. The van der Waals surface area contributed by atoms with Crippen LogP contribution < -0.4 is 5.32 Å². The second-order valence-electron chi connectivity index (χ2n) is 5.45. The first kappa shape index (κ1) is 9.47. The third-order valence-electron chi connectivity index (χ3n) is 3.33. The monoisotopic (exact) mass is 183 g/mol. The zero-order chi connectivity index (χ0) is 9.36. The van der Waals surface area contributed by atoms with Crippen LogP contribution in [-0.4, -0.2) is 25.3 Å². The third-order valence-corrected chi connectivity index (χ3v) is 3.33. The van der Waals surface area contributed by atoms with E-state index in [-0.39, 0.29) is 5.60 Å². The predicted molar refractivity (Wildman–Crippen MR) is 53.8 cm³/mol. The summed E-state index contributed by atoms with van der Waals surface area (Å²) in [4.78, 5) is 0. The molecule has 0 aromatic rings. The van der Waals surface area contributed by atoms with Crippen molar-refractivity contribution in [1.82, 2.24) is 5.32 Å². The van der Waals surface area contributed by atoms with Crippen LogP contribution in [0.3, 0.4) is 0 Å². The molecule has 0 unspecified atom stereocenters. The number of ether oxygens (including phenoxy) is 1. The molecule has 0 amide bonds. The number of nitrogens with one attached hydrogen (secondary N) is 1. The normalized spacial score (nSPS) is 31.8. The Labute approximate surface area is 81.0 Å². The molecular formula is C11H21NO. The van der Waals surface area contributed by atoms with Gasteiger partial charge in [-0.25, -0.2) is 0 Å². The largest absolute Gasteiger partial charge is 0.373 e. The number of rotatable bonds is 0. The Balaban J connectivity index is 2.01. The van der Waals surface area contributed by atoms with Crippen molar-refractivity contribution in [3.05, 3.63) is 0 Å². The summed E-state index contributed by atoms with van der Waals surface area (Å²) in [6.07, 6.45) is 5.22. The molecule has 1 aliphatic carbocycles. The Kier molecular flexibility index (Phi) is 2.37. The highest BCUT2D eigenvalue weighted by atomic mass is 16.5. The fourth-order valence-electron chi connectivity index (χ4n) is 2.42. The minimum Gasteiger partial charge on any atom is -0.373 e. The average Bonchev–Trinajstić information content (AvgIpc) is 2.44. The summed E-state index contributed by atoms with van der Waals surface area (Å²) in [6, 6.07) is 0. The van der Waals surface area contributed by atoms with Crippen LogP contribution in [0, 0.1) is 5.41 Å². The van der Waals surface area contributed by atoms with Crippen LogP contribution in [0.15, 0.2) is 0 Å². The highest BCUT2D eigenvalue weighted by Crippen LogP contribution is 2.35. The lowest BCUT2D eigenvalue weighted by Gasteiger charge is -2.28. The molecule has 0 bridgehead atoms. The molecule has 0 aromatic heterocycles. The first-order chi connectivity index (χ1) is 6.12. The summed E-state index contributed by atoms with van der Waals surface area (Å²) in [5.74, 6) is 0. The van der Waals surface area contributed by atoms with E-state index in [2.05, 4.69) is 19.2 Å². The van der Waals surface area contributed by atoms with Crippen LogP contribution in [0.5, 0.6) is 0 Å². The van der Waals surface area contributed by atoms with E-state index in [4.69, 9.17) is 4.74 Å². The van der Waals surface area contributed by atoms with Crippen LogP contribution in [0.4, 0.5) is 0 Å². The van der Waals surface area contributed by atoms with Gasteiger partial charge < -0.3 is 10.1 Å². The molecule has 0 aromatic carbocycles. The maximum atomic E-state index is 6.10. The fourth-order valence-corrected chi connectivity index (χ4v) is 2.42. The zero-order valence-corrected chi connectivity index (χ0v) is 8.86. The Hall–Kier alpha value is -0.0800. The predicted octanol–water partition coefficient (Wildman–Crippen LogP) is 1.95. The maximum Gasteiger partial charge on any atom is 0.0806 e. The van der Waals surface area contributed by atoms with Gasteiger partial charge in [0.05, 0.1) is 12.2 Å². The van der Waals surface area contributed by atoms with Crippen molar-refractivity contribution in [2.24, 2.45) is 5.41 Å². The molecule has 1 spiro atoms. The minimum absolute atomic E-state index is 0.202. The topological polar surface area (TPSA) is 21.3 Å². The molecule has 2 rings (SSSR count). The summed E-state index contributed by atoms with van der Waals surface area (Å²) in [5, 5.41) is 3.55. The van der Waals surface area contributed by atoms with Gasteiger partial charge >= 0.3 is 0 Å². The van der Waals surface area contributed by atoms with E-state index in [1.165, 1.54) is 25.7 Å². The SMILES string of the molecule is CC1(C)CNCC2(CCCC2)OC1. The lowest BCUT2D eigenvalue weighted by Crippen LogP contribution is -2.38. The van der Waals surface area contributed by atoms with Crippen LogP contribution in [0.25, 0.3) is 0 Å². The van der Waals surface area contributed by atoms with Gasteiger partial charge in [-0.2, -0.15) is 0 Å². The molecule has 0 atom stereocenters. The Morgan fingerprint density at radius 1 is 1.08 bits per heavy atom. The fraction of sp³-hybridized carbons (Fsp3) is 1.00. The van der Waals surface area contributed by atoms with E-state index in [0.29, 0.717) is 5.41 Å². The van der Waals surface area contributed by atoms with Gasteiger partial charge in [-0.3, -0.25) is 0 Å². The number of hydrogen-bond donors (Lipinski definition) is 1. The molecule has 2 nitrogen and oxygen atoms in total. The van der Waals surface area contributed by atoms with Gasteiger partial charge in [0, 0.05) is 18.5 Å². The molecule has 2 fully saturated rings. The van der Waals surface area contributed by atoms with Crippen molar-refractivity contribution >= 4 is 0 Å². The van der Waals surface area contributed by atoms with Gasteiger partial charge in [0.1, 0.15) is 0 Å². The molecule has 2 heteroatoms. The van der Waals surface area contributed by atoms with Crippen molar-refractivity contribution in [2.75, 3.05) is 19.7 Å². The van der Waals surface area contributed by atoms with Crippen molar-refractivity contribution in [1.29, 1.82) is 0 Å². The smallest absolute Gasteiger partial charge is 0.0806 e. The van der Waals surface area contributed by atoms with E-state index in [1.54, 1.807) is 0 Å². The lowest BCUT2D eigenvalue weighted by atomic mass is 9.95. The average molecular weight is 183 g/mol. The quantitative estimate of drug-likeness (QED) is 0.619. The summed E-state index contributed by atoms with van der Waals surface area (Å²) in [7, 11) is 0. The van der Waals surface area contributed by atoms with E-state index < -0.39 is 0 Å². The standard InChI is InChI=1S/C11H21NO/c1-10(2)7-12-8-11(13-9-10)5-3-4-6-11/h12H,3-9H2,1-2H3. The van der Waals surface area contributed by atoms with E-state index in [0.717, 1.165) is 19.7 Å². The summed E-state index contributed by atoms with van der Waals surface area (Å²) < 4.78 is 6.10. The second-order valence-corrected chi connectivity index (χ2v) is 5.45. The van der Waals surface area contributed by atoms with Gasteiger partial charge in [0.2, 0.25) is 0 Å². The molecular weight excluding hydrogens is 162 g/mol. The van der Waals surface area contributed by atoms with E-state index in [9.17, 15) is 0 Å². The molecule has 0 radical (unpaired) electrons. The van der Waals surface area contributed by atoms with Crippen molar-refractivity contribution in [3.63, 3.8) is 0 Å². The van der Waals surface area contributed by atoms with Crippen molar-refractivity contribution in [2.45, 2.75) is 45.1 Å². The zero-order valence-electron chi connectivity index (χ0n) is 8.86. The first-order valence-electron chi connectivity index (χ1n) is 5.47. The number of hydrogen-bond acceptors (Lipinski definition) is 2. The van der Waals surface area contributed by atoms with Crippen LogP contribution in [-0.2, 0) is 4.74 Å². The highest BCUT2D eigenvalue weighted by molar-refractivity contribution is 4.92. The Morgan fingerprint density at radius 3 is 2.46 bits per heavy atom. The summed E-state index contributed by atoms with van der Waals surface area (Å²) >= 11 is 0.